The zero-order valence-electron chi connectivity index (χ0n) is 11.7. The first kappa shape index (κ1) is 12.5. The van der Waals surface area contributed by atoms with Gasteiger partial charge in [-0.25, -0.2) is 4.68 Å². The molecule has 100 valence electrons. The minimum absolute atomic E-state index is 1.03. The second-order valence-corrected chi connectivity index (χ2v) is 4.88. The molecule has 1 aromatic heterocycles. The van der Waals surface area contributed by atoms with Crippen LogP contribution in [-0.4, -0.2) is 9.78 Å². The summed E-state index contributed by atoms with van der Waals surface area (Å²) in [6, 6.07) is 20.5. The van der Waals surface area contributed by atoms with Crippen LogP contribution in [0.25, 0.3) is 5.69 Å². The van der Waals surface area contributed by atoms with E-state index in [1.165, 1.54) is 0 Å². The number of anilines is 2. The predicted molar refractivity (Wildman–Crippen MR) is 82.8 cm³/mol. The Kier molecular flexibility index (Phi) is 3.25. The van der Waals surface area contributed by atoms with Crippen molar-refractivity contribution in [2.45, 2.75) is 13.8 Å². The number of hydrogen-bond acceptors (Lipinski definition) is 2. The van der Waals surface area contributed by atoms with Crippen LogP contribution in [0, 0.1) is 13.8 Å². The first-order valence-electron chi connectivity index (χ1n) is 6.68. The lowest BCUT2D eigenvalue weighted by atomic mass is 10.2. The van der Waals surface area contributed by atoms with E-state index in [1.807, 2.05) is 35.9 Å². The molecule has 20 heavy (non-hydrogen) atoms. The summed E-state index contributed by atoms with van der Waals surface area (Å²) in [5.74, 6) is 0. The van der Waals surface area contributed by atoms with Crippen LogP contribution in [0.1, 0.15) is 11.4 Å². The summed E-state index contributed by atoms with van der Waals surface area (Å²) in [4.78, 5) is 0. The van der Waals surface area contributed by atoms with Crippen LogP contribution in [0.2, 0.25) is 0 Å². The van der Waals surface area contributed by atoms with Gasteiger partial charge in [-0.2, -0.15) is 5.10 Å². The largest absolute Gasteiger partial charge is 0.355 e. The third-order valence-electron chi connectivity index (χ3n) is 3.16. The third-order valence-corrected chi connectivity index (χ3v) is 3.16. The van der Waals surface area contributed by atoms with Crippen LogP contribution in [0.4, 0.5) is 11.4 Å². The van der Waals surface area contributed by atoms with Crippen LogP contribution in [0.5, 0.6) is 0 Å². The van der Waals surface area contributed by atoms with E-state index < -0.39 is 0 Å². The number of para-hydroxylation sites is 1. The molecule has 3 heteroatoms. The average Bonchev–Trinajstić information content (AvgIpc) is 2.79. The molecule has 0 unspecified atom stereocenters. The highest BCUT2D eigenvalue weighted by Gasteiger charge is 2.04. The Hall–Kier alpha value is -2.55. The zero-order valence-corrected chi connectivity index (χ0v) is 11.7. The van der Waals surface area contributed by atoms with Crippen molar-refractivity contribution in [3.8, 4) is 5.69 Å². The number of aryl methyl sites for hydroxylation is 2. The van der Waals surface area contributed by atoms with Gasteiger partial charge in [-0.3, -0.25) is 0 Å². The number of nitrogens with zero attached hydrogens (tertiary/aromatic N) is 2. The van der Waals surface area contributed by atoms with Crippen molar-refractivity contribution in [1.82, 2.24) is 9.78 Å². The average molecular weight is 263 g/mol. The molecule has 0 aliphatic heterocycles. The molecule has 0 aliphatic carbocycles. The van der Waals surface area contributed by atoms with Crippen molar-refractivity contribution in [3.63, 3.8) is 0 Å². The minimum Gasteiger partial charge on any atom is -0.355 e. The van der Waals surface area contributed by atoms with Crippen molar-refractivity contribution in [2.75, 3.05) is 5.32 Å². The summed E-state index contributed by atoms with van der Waals surface area (Å²) < 4.78 is 1.96. The lowest BCUT2D eigenvalue weighted by Crippen LogP contribution is -2.00. The highest BCUT2D eigenvalue weighted by atomic mass is 15.3. The third kappa shape index (κ3) is 2.57. The van der Waals surface area contributed by atoms with E-state index in [9.17, 15) is 0 Å². The summed E-state index contributed by atoms with van der Waals surface area (Å²) in [5.41, 5.74) is 5.37. The second kappa shape index (κ2) is 5.21. The molecule has 0 radical (unpaired) electrons. The molecule has 0 aliphatic rings. The van der Waals surface area contributed by atoms with Crippen molar-refractivity contribution in [3.05, 3.63) is 72.1 Å². The van der Waals surface area contributed by atoms with Gasteiger partial charge in [0, 0.05) is 17.1 Å². The molecule has 0 bridgehead atoms. The minimum atomic E-state index is 1.03. The van der Waals surface area contributed by atoms with Crippen LogP contribution in [-0.2, 0) is 0 Å². The summed E-state index contributed by atoms with van der Waals surface area (Å²) in [6.07, 6.45) is 0. The van der Waals surface area contributed by atoms with Gasteiger partial charge in [0.15, 0.2) is 0 Å². The van der Waals surface area contributed by atoms with Crippen LogP contribution >= 0.6 is 0 Å². The molecule has 1 heterocycles. The van der Waals surface area contributed by atoms with Crippen LogP contribution in [0.3, 0.4) is 0 Å². The fraction of sp³-hybridized carbons (Fsp3) is 0.118. The SMILES string of the molecule is Cc1cc(C)n(-c2cccc(Nc3ccccc3)c2)n1. The lowest BCUT2D eigenvalue weighted by molar-refractivity contribution is 0.834. The molecular weight excluding hydrogens is 246 g/mol. The lowest BCUT2D eigenvalue weighted by Gasteiger charge is -2.09. The Morgan fingerprint density at radius 3 is 2.30 bits per heavy atom. The van der Waals surface area contributed by atoms with Crippen molar-refractivity contribution in [1.29, 1.82) is 0 Å². The molecule has 3 aromatic rings. The fourth-order valence-electron chi connectivity index (χ4n) is 2.29. The Labute approximate surface area is 118 Å². The van der Waals surface area contributed by atoms with Gasteiger partial charge in [-0.15, -0.1) is 0 Å². The van der Waals surface area contributed by atoms with E-state index in [2.05, 4.69) is 53.7 Å². The highest BCUT2D eigenvalue weighted by Crippen LogP contribution is 2.20. The number of benzene rings is 2. The van der Waals surface area contributed by atoms with E-state index >= 15 is 0 Å². The van der Waals surface area contributed by atoms with E-state index in [1.54, 1.807) is 0 Å². The highest BCUT2D eigenvalue weighted by molar-refractivity contribution is 5.62. The monoisotopic (exact) mass is 263 g/mol. The standard InChI is InChI=1S/C17H17N3/c1-13-11-14(2)20(19-13)17-10-6-9-16(12-17)18-15-7-4-3-5-8-15/h3-12,18H,1-2H3. The molecule has 3 rings (SSSR count). The van der Waals surface area contributed by atoms with Gasteiger partial charge in [0.05, 0.1) is 11.4 Å². The molecular formula is C17H17N3. The number of nitrogens with one attached hydrogen (secondary N) is 1. The van der Waals surface area contributed by atoms with Crippen molar-refractivity contribution < 1.29 is 0 Å². The maximum absolute atomic E-state index is 4.52. The van der Waals surface area contributed by atoms with Gasteiger partial charge in [0.2, 0.25) is 0 Å². The molecule has 0 spiro atoms. The van der Waals surface area contributed by atoms with Crippen molar-refractivity contribution >= 4 is 11.4 Å². The van der Waals surface area contributed by atoms with Gasteiger partial charge in [-0.1, -0.05) is 24.3 Å². The second-order valence-electron chi connectivity index (χ2n) is 4.88. The van der Waals surface area contributed by atoms with E-state index in [-0.39, 0.29) is 0 Å². The van der Waals surface area contributed by atoms with Crippen LogP contribution in [0.15, 0.2) is 60.7 Å². The van der Waals surface area contributed by atoms with Gasteiger partial charge >= 0.3 is 0 Å². The predicted octanol–water partition coefficient (Wildman–Crippen LogP) is 4.23. The van der Waals surface area contributed by atoms with Gasteiger partial charge in [0.25, 0.3) is 0 Å². The zero-order chi connectivity index (χ0) is 13.9. The molecule has 0 saturated heterocycles. The first-order chi connectivity index (χ1) is 9.72. The van der Waals surface area contributed by atoms with E-state index in [0.717, 1.165) is 28.5 Å². The van der Waals surface area contributed by atoms with Gasteiger partial charge in [0.1, 0.15) is 0 Å². The quantitative estimate of drug-likeness (QED) is 0.766. The molecule has 3 nitrogen and oxygen atoms in total. The Bertz CT molecular complexity index is 714. The van der Waals surface area contributed by atoms with Gasteiger partial charge in [-0.05, 0) is 50.2 Å². The smallest absolute Gasteiger partial charge is 0.0669 e. The summed E-state index contributed by atoms with van der Waals surface area (Å²) in [5, 5.41) is 7.92. The summed E-state index contributed by atoms with van der Waals surface area (Å²) in [6.45, 7) is 4.08. The Morgan fingerprint density at radius 2 is 1.60 bits per heavy atom. The van der Waals surface area contributed by atoms with Crippen molar-refractivity contribution in [2.24, 2.45) is 0 Å². The molecule has 0 atom stereocenters. The molecule has 0 saturated carbocycles. The first-order valence-corrected chi connectivity index (χ1v) is 6.68. The topological polar surface area (TPSA) is 29.9 Å². The maximum atomic E-state index is 4.52. The number of aromatic nitrogens is 2. The molecule has 0 amide bonds. The van der Waals surface area contributed by atoms with E-state index in [4.69, 9.17) is 0 Å². The molecule has 2 aromatic carbocycles. The normalized spacial score (nSPS) is 10.5. The number of rotatable bonds is 3. The van der Waals surface area contributed by atoms with E-state index in [0.29, 0.717) is 0 Å². The van der Waals surface area contributed by atoms with Gasteiger partial charge < -0.3 is 5.32 Å². The number of hydrogen-bond donors (Lipinski definition) is 1. The fourth-order valence-corrected chi connectivity index (χ4v) is 2.29. The Balaban J connectivity index is 1.92. The maximum Gasteiger partial charge on any atom is 0.0669 e. The van der Waals surface area contributed by atoms with Crippen LogP contribution < -0.4 is 5.32 Å². The Morgan fingerprint density at radius 1 is 0.850 bits per heavy atom. The summed E-state index contributed by atoms with van der Waals surface area (Å²) in [7, 11) is 0. The molecule has 0 fully saturated rings. The summed E-state index contributed by atoms with van der Waals surface area (Å²) >= 11 is 0. The molecule has 1 N–H and O–H groups in total.